The molecule has 0 fully saturated rings. The summed E-state index contributed by atoms with van der Waals surface area (Å²) in [4.78, 5) is 35.2. The minimum Gasteiger partial charge on any atom is -0.461 e. The summed E-state index contributed by atoms with van der Waals surface area (Å²) in [5, 5.41) is 6.09. The summed E-state index contributed by atoms with van der Waals surface area (Å²) >= 11 is 0.774. The van der Waals surface area contributed by atoms with Crippen LogP contribution in [0.1, 0.15) is 34.7 Å². The van der Waals surface area contributed by atoms with E-state index in [4.69, 9.17) is 4.74 Å². The monoisotopic (exact) mass is 426 g/mol. The maximum Gasteiger partial charge on any atom is 0.362 e. The molecule has 0 aliphatic heterocycles. The number of sulfonamides is 1. The molecule has 1 heterocycles. The first kappa shape index (κ1) is 21.6. The number of hydrogen-bond acceptors (Lipinski definition) is 9. The molecule has 0 spiro atoms. The van der Waals surface area contributed by atoms with Crippen LogP contribution in [-0.2, 0) is 19.6 Å². The lowest BCUT2D eigenvalue weighted by Crippen LogP contribution is -2.35. The highest BCUT2D eigenvalue weighted by Gasteiger charge is 2.25. The first-order valence-electron chi connectivity index (χ1n) is 8.03. The fourth-order valence-corrected chi connectivity index (χ4v) is 3.80. The van der Waals surface area contributed by atoms with E-state index in [1.807, 2.05) is 0 Å². The Morgan fingerprint density at radius 1 is 1.21 bits per heavy atom. The van der Waals surface area contributed by atoms with Gasteiger partial charge in [0.1, 0.15) is 0 Å². The van der Waals surface area contributed by atoms with Crippen LogP contribution in [0.3, 0.4) is 0 Å². The highest BCUT2D eigenvalue weighted by atomic mass is 32.2. The van der Waals surface area contributed by atoms with Crippen LogP contribution >= 0.6 is 11.5 Å². The van der Waals surface area contributed by atoms with E-state index in [0.717, 1.165) is 15.8 Å². The van der Waals surface area contributed by atoms with Crippen molar-refractivity contribution in [1.29, 1.82) is 0 Å². The van der Waals surface area contributed by atoms with E-state index < -0.39 is 28.4 Å². The first-order valence-corrected chi connectivity index (χ1v) is 10.2. The number of rotatable bonds is 8. The number of hydrogen-bond donors (Lipinski definition) is 1. The molecule has 1 amide bonds. The van der Waals surface area contributed by atoms with Gasteiger partial charge in [0.25, 0.3) is 0 Å². The number of carbonyl (C=O) groups is 3. The lowest BCUT2D eigenvalue weighted by molar-refractivity contribution is -0.116. The molecule has 0 saturated heterocycles. The van der Waals surface area contributed by atoms with E-state index in [0.29, 0.717) is 5.56 Å². The highest BCUT2D eigenvalue weighted by Crippen LogP contribution is 2.19. The normalized spacial score (nSPS) is 11.3. The molecule has 0 atom stereocenters. The highest BCUT2D eigenvalue weighted by molar-refractivity contribution is 7.89. The summed E-state index contributed by atoms with van der Waals surface area (Å²) in [5.74, 6) is -1.60. The third kappa shape index (κ3) is 4.97. The number of Topliss-reactive ketones (excluding diaryl/α,β-unsaturated/α-hetero) is 1. The van der Waals surface area contributed by atoms with E-state index in [9.17, 15) is 22.8 Å². The number of benzene rings is 1. The van der Waals surface area contributed by atoms with Crippen LogP contribution in [0.2, 0.25) is 0 Å². The standard InChI is InChI=1S/C16H18N4O6S2/c1-4-26-16(23)14-15(27-19-18-14)17-13(22)9-20(3)28(24,25)12-7-5-11(6-8-12)10(2)21/h5-8H,4,9H2,1-3H3,(H,17,22). The van der Waals surface area contributed by atoms with Crippen molar-refractivity contribution in [1.82, 2.24) is 13.9 Å². The second kappa shape index (κ2) is 8.99. The van der Waals surface area contributed by atoms with Gasteiger partial charge in [-0.3, -0.25) is 9.59 Å². The maximum absolute atomic E-state index is 12.6. The van der Waals surface area contributed by atoms with Crippen molar-refractivity contribution in [3.05, 3.63) is 35.5 Å². The number of nitrogens with zero attached hydrogens (tertiary/aromatic N) is 3. The summed E-state index contributed by atoms with van der Waals surface area (Å²) in [5.41, 5.74) is 0.231. The van der Waals surface area contributed by atoms with Gasteiger partial charge in [0.2, 0.25) is 21.6 Å². The van der Waals surface area contributed by atoms with Crippen molar-refractivity contribution in [2.45, 2.75) is 18.7 Å². The molecule has 10 nitrogen and oxygen atoms in total. The number of aromatic nitrogens is 2. The molecule has 0 aliphatic carbocycles. The Morgan fingerprint density at radius 2 is 1.86 bits per heavy atom. The van der Waals surface area contributed by atoms with Gasteiger partial charge in [-0.2, -0.15) is 4.31 Å². The predicted octanol–water partition coefficient (Wildman–Crippen LogP) is 1.18. The van der Waals surface area contributed by atoms with Gasteiger partial charge in [0.05, 0.1) is 18.0 Å². The van der Waals surface area contributed by atoms with Crippen LogP contribution in [0, 0.1) is 0 Å². The Morgan fingerprint density at radius 3 is 2.43 bits per heavy atom. The number of esters is 1. The molecule has 0 saturated carbocycles. The predicted molar refractivity (Wildman–Crippen MR) is 101 cm³/mol. The number of likely N-dealkylation sites (N-methyl/N-ethyl adjacent to an activating group) is 1. The van der Waals surface area contributed by atoms with E-state index in [2.05, 4.69) is 14.9 Å². The summed E-state index contributed by atoms with van der Waals surface area (Å²) in [7, 11) is -2.71. The molecule has 2 aromatic rings. The van der Waals surface area contributed by atoms with Crippen molar-refractivity contribution in [2.75, 3.05) is 25.5 Å². The summed E-state index contributed by atoms with van der Waals surface area (Å²) in [6.45, 7) is 2.63. The minimum absolute atomic E-state index is 0.0560. The molecular weight excluding hydrogens is 408 g/mol. The number of ether oxygens (including phenoxy) is 1. The van der Waals surface area contributed by atoms with Crippen LogP contribution in [0.25, 0.3) is 0 Å². The molecule has 0 radical (unpaired) electrons. The van der Waals surface area contributed by atoms with Gasteiger partial charge < -0.3 is 10.1 Å². The molecule has 0 bridgehead atoms. The molecule has 150 valence electrons. The second-order valence-electron chi connectivity index (χ2n) is 5.56. The summed E-state index contributed by atoms with van der Waals surface area (Å²) < 4.78 is 34.4. The molecule has 0 unspecified atom stereocenters. The Labute approximate surface area is 165 Å². The van der Waals surface area contributed by atoms with Gasteiger partial charge >= 0.3 is 5.97 Å². The van der Waals surface area contributed by atoms with Gasteiger partial charge in [-0.25, -0.2) is 13.2 Å². The van der Waals surface area contributed by atoms with Crippen molar-refractivity contribution >= 4 is 44.2 Å². The van der Waals surface area contributed by atoms with Crippen LogP contribution in [0.5, 0.6) is 0 Å². The Hall–Kier alpha value is -2.70. The maximum atomic E-state index is 12.6. The molecule has 12 heteroatoms. The Bertz CT molecular complexity index is 985. The SMILES string of the molecule is CCOC(=O)c1nnsc1NC(=O)CN(C)S(=O)(=O)c1ccc(C(C)=O)cc1. The molecule has 1 N–H and O–H groups in total. The van der Waals surface area contributed by atoms with Crippen molar-refractivity contribution in [3.8, 4) is 0 Å². The lowest BCUT2D eigenvalue weighted by Gasteiger charge is -2.16. The van der Waals surface area contributed by atoms with Crippen LogP contribution in [0.15, 0.2) is 29.2 Å². The summed E-state index contributed by atoms with van der Waals surface area (Å²) in [6.07, 6.45) is 0. The Kier molecular flexibility index (Phi) is 6.94. The summed E-state index contributed by atoms with van der Waals surface area (Å²) in [6, 6.07) is 5.40. The smallest absolute Gasteiger partial charge is 0.362 e. The average molecular weight is 426 g/mol. The zero-order valence-corrected chi connectivity index (χ0v) is 17.0. The average Bonchev–Trinajstić information content (AvgIpc) is 3.09. The van der Waals surface area contributed by atoms with Crippen LogP contribution in [-0.4, -0.2) is 60.2 Å². The zero-order chi connectivity index (χ0) is 20.9. The van der Waals surface area contributed by atoms with Gasteiger partial charge in [0, 0.05) is 24.1 Å². The number of amides is 1. The van der Waals surface area contributed by atoms with E-state index in [1.54, 1.807) is 6.92 Å². The number of anilines is 1. The van der Waals surface area contributed by atoms with Crippen LogP contribution < -0.4 is 5.32 Å². The topological polar surface area (TPSA) is 136 Å². The van der Waals surface area contributed by atoms with Gasteiger partial charge in [0.15, 0.2) is 10.8 Å². The minimum atomic E-state index is -3.95. The Balaban J connectivity index is 2.08. The van der Waals surface area contributed by atoms with E-state index >= 15 is 0 Å². The second-order valence-corrected chi connectivity index (χ2v) is 8.36. The molecule has 0 aliphatic rings. The van der Waals surface area contributed by atoms with Crippen molar-refractivity contribution < 1.29 is 27.5 Å². The zero-order valence-electron chi connectivity index (χ0n) is 15.3. The van der Waals surface area contributed by atoms with E-state index in [-0.39, 0.29) is 28.0 Å². The molecule has 2 rings (SSSR count). The lowest BCUT2D eigenvalue weighted by atomic mass is 10.2. The molecule has 1 aromatic heterocycles. The molecule has 1 aromatic carbocycles. The number of carbonyl (C=O) groups excluding carboxylic acids is 3. The van der Waals surface area contributed by atoms with Crippen LogP contribution in [0.4, 0.5) is 5.00 Å². The van der Waals surface area contributed by atoms with Gasteiger partial charge in [-0.1, -0.05) is 16.6 Å². The molecule has 28 heavy (non-hydrogen) atoms. The fraction of sp³-hybridized carbons (Fsp3) is 0.312. The quantitative estimate of drug-likeness (QED) is 0.491. The fourth-order valence-electron chi connectivity index (χ4n) is 2.10. The third-order valence-corrected chi connectivity index (χ3v) is 6.00. The van der Waals surface area contributed by atoms with Crippen molar-refractivity contribution in [3.63, 3.8) is 0 Å². The van der Waals surface area contributed by atoms with E-state index in [1.165, 1.54) is 38.2 Å². The third-order valence-electron chi connectivity index (χ3n) is 3.55. The number of ketones is 1. The van der Waals surface area contributed by atoms with Gasteiger partial charge in [-0.05, 0) is 26.0 Å². The first-order chi connectivity index (χ1) is 13.2. The van der Waals surface area contributed by atoms with Gasteiger partial charge in [-0.15, -0.1) is 5.10 Å². The van der Waals surface area contributed by atoms with Crippen molar-refractivity contribution in [2.24, 2.45) is 0 Å². The molecular formula is C16H18N4O6S2. The largest absolute Gasteiger partial charge is 0.461 e. The number of nitrogens with one attached hydrogen (secondary N) is 1.